The van der Waals surface area contributed by atoms with Crippen molar-refractivity contribution in [3.63, 3.8) is 0 Å². The predicted octanol–water partition coefficient (Wildman–Crippen LogP) is 3.21. The maximum absolute atomic E-state index is 6.22. The zero-order valence-corrected chi connectivity index (χ0v) is 18.1. The Morgan fingerprint density at radius 1 is 1.32 bits per heavy atom. The van der Waals surface area contributed by atoms with Gasteiger partial charge in [0.1, 0.15) is 0 Å². The first-order chi connectivity index (χ1) is 11.7. The lowest BCUT2D eigenvalue weighted by molar-refractivity contribution is 0.0531. The first kappa shape index (κ1) is 22.5. The number of nitrogens with one attached hydrogen (secondary N) is 2. The molecule has 1 aliphatic heterocycles. The van der Waals surface area contributed by atoms with E-state index in [0.717, 1.165) is 50.1 Å². The molecule has 0 spiro atoms. The summed E-state index contributed by atoms with van der Waals surface area (Å²) >= 11 is 6.22. The molecule has 1 saturated heterocycles. The summed E-state index contributed by atoms with van der Waals surface area (Å²) in [7, 11) is 1.70. The lowest BCUT2D eigenvalue weighted by Crippen LogP contribution is -2.42. The molecule has 142 valence electrons. The number of aliphatic imine (C=N–C) groups is 1. The monoisotopic (exact) mass is 481 g/mol. The van der Waals surface area contributed by atoms with E-state index in [0.29, 0.717) is 13.2 Å². The van der Waals surface area contributed by atoms with Gasteiger partial charge in [-0.05, 0) is 37.5 Å². The number of halogens is 2. The van der Waals surface area contributed by atoms with Crippen LogP contribution in [0.2, 0.25) is 5.02 Å². The molecule has 1 fully saturated rings. The Labute approximate surface area is 172 Å². The van der Waals surface area contributed by atoms with Crippen LogP contribution in [-0.2, 0) is 14.9 Å². The zero-order valence-electron chi connectivity index (χ0n) is 15.0. The van der Waals surface area contributed by atoms with E-state index in [1.807, 2.05) is 12.1 Å². The molecule has 0 radical (unpaired) electrons. The molecule has 1 aromatic carbocycles. The third kappa shape index (κ3) is 6.92. The Kier molecular flexibility index (Phi) is 10.7. The van der Waals surface area contributed by atoms with Gasteiger partial charge in [0.2, 0.25) is 0 Å². The molecule has 0 aliphatic carbocycles. The van der Waals surface area contributed by atoms with Gasteiger partial charge < -0.3 is 20.1 Å². The van der Waals surface area contributed by atoms with E-state index in [2.05, 4.69) is 29.7 Å². The summed E-state index contributed by atoms with van der Waals surface area (Å²) in [5, 5.41) is 7.36. The van der Waals surface area contributed by atoms with Crippen LogP contribution in [0.15, 0.2) is 29.3 Å². The van der Waals surface area contributed by atoms with Gasteiger partial charge in [0.05, 0.1) is 13.2 Å². The fraction of sp³-hybridized carbons (Fsp3) is 0.611. The number of benzene rings is 1. The van der Waals surface area contributed by atoms with Crippen LogP contribution in [0.4, 0.5) is 0 Å². The molecule has 2 rings (SSSR count). The van der Waals surface area contributed by atoms with Gasteiger partial charge in [-0.25, -0.2) is 0 Å². The summed E-state index contributed by atoms with van der Waals surface area (Å²) < 4.78 is 10.7. The van der Waals surface area contributed by atoms with Crippen LogP contribution in [0.3, 0.4) is 0 Å². The number of methoxy groups -OCH3 is 1. The van der Waals surface area contributed by atoms with E-state index in [1.54, 1.807) is 7.11 Å². The van der Waals surface area contributed by atoms with Crippen molar-refractivity contribution in [1.82, 2.24) is 10.6 Å². The molecule has 0 bridgehead atoms. The molecule has 0 atom stereocenters. The molecule has 2 N–H and O–H groups in total. The first-order valence-corrected chi connectivity index (χ1v) is 8.93. The van der Waals surface area contributed by atoms with Crippen LogP contribution in [0.1, 0.15) is 25.3 Å². The summed E-state index contributed by atoms with van der Waals surface area (Å²) in [5.74, 6) is 0.822. The molecule has 0 aromatic heterocycles. The second-order valence-electron chi connectivity index (χ2n) is 6.02. The fourth-order valence-corrected chi connectivity index (χ4v) is 3.15. The highest BCUT2D eigenvalue weighted by Crippen LogP contribution is 2.36. The highest BCUT2D eigenvalue weighted by molar-refractivity contribution is 14.0. The molecule has 1 heterocycles. The molecular weight excluding hydrogens is 453 g/mol. The van der Waals surface area contributed by atoms with Crippen molar-refractivity contribution >= 4 is 41.5 Å². The average molecular weight is 482 g/mol. The molecule has 25 heavy (non-hydrogen) atoms. The van der Waals surface area contributed by atoms with Crippen LogP contribution < -0.4 is 10.6 Å². The van der Waals surface area contributed by atoms with Crippen molar-refractivity contribution in [2.45, 2.75) is 25.2 Å². The molecule has 0 amide bonds. The number of rotatable bonds is 7. The number of ether oxygens (including phenoxy) is 2. The van der Waals surface area contributed by atoms with Crippen molar-refractivity contribution in [1.29, 1.82) is 0 Å². The van der Waals surface area contributed by atoms with Crippen molar-refractivity contribution in [3.05, 3.63) is 34.9 Å². The second-order valence-corrected chi connectivity index (χ2v) is 6.45. The van der Waals surface area contributed by atoms with E-state index in [-0.39, 0.29) is 29.4 Å². The van der Waals surface area contributed by atoms with Gasteiger partial charge in [0, 0.05) is 43.9 Å². The highest BCUT2D eigenvalue weighted by atomic mass is 127. The minimum absolute atomic E-state index is 0. The van der Waals surface area contributed by atoms with Crippen molar-refractivity contribution in [2.24, 2.45) is 4.99 Å². The lowest BCUT2D eigenvalue weighted by atomic mass is 9.74. The number of guanidine groups is 1. The summed E-state index contributed by atoms with van der Waals surface area (Å²) in [6.07, 6.45) is 1.91. The SMILES string of the molecule is CCNC(=NCC1(c2cccc(Cl)c2)CCOCC1)NCCOC.I. The van der Waals surface area contributed by atoms with Crippen molar-refractivity contribution < 1.29 is 9.47 Å². The highest BCUT2D eigenvalue weighted by Gasteiger charge is 2.34. The van der Waals surface area contributed by atoms with Crippen LogP contribution in [0.5, 0.6) is 0 Å². The third-order valence-electron chi connectivity index (χ3n) is 4.37. The summed E-state index contributed by atoms with van der Waals surface area (Å²) in [4.78, 5) is 4.83. The topological polar surface area (TPSA) is 54.9 Å². The van der Waals surface area contributed by atoms with Gasteiger partial charge in [-0.15, -0.1) is 24.0 Å². The molecule has 5 nitrogen and oxygen atoms in total. The van der Waals surface area contributed by atoms with E-state index < -0.39 is 0 Å². The van der Waals surface area contributed by atoms with Gasteiger partial charge in [-0.3, -0.25) is 4.99 Å². The quantitative estimate of drug-likeness (QED) is 0.272. The van der Waals surface area contributed by atoms with Gasteiger partial charge in [0.25, 0.3) is 0 Å². The maximum atomic E-state index is 6.22. The Hall–Kier alpha value is -0.570. The van der Waals surface area contributed by atoms with Crippen LogP contribution in [0, 0.1) is 0 Å². The molecule has 7 heteroatoms. The molecule has 0 saturated carbocycles. The lowest BCUT2D eigenvalue weighted by Gasteiger charge is -2.36. The molecule has 0 unspecified atom stereocenters. The Morgan fingerprint density at radius 2 is 2.08 bits per heavy atom. The van der Waals surface area contributed by atoms with Gasteiger partial charge in [0.15, 0.2) is 5.96 Å². The standard InChI is InChI=1S/C18H28ClN3O2.HI/c1-3-20-17(21-9-12-23-2)22-14-18(7-10-24-11-8-18)15-5-4-6-16(19)13-15;/h4-6,13H,3,7-12,14H2,1-2H3,(H2,20,21,22);1H. The van der Waals surface area contributed by atoms with Gasteiger partial charge >= 0.3 is 0 Å². The Balaban J connectivity index is 0.00000312. The summed E-state index contributed by atoms with van der Waals surface area (Å²) in [5.41, 5.74) is 1.22. The summed E-state index contributed by atoms with van der Waals surface area (Å²) in [6, 6.07) is 8.14. The van der Waals surface area contributed by atoms with E-state index >= 15 is 0 Å². The van der Waals surface area contributed by atoms with Crippen molar-refractivity contribution in [2.75, 3.05) is 46.6 Å². The summed E-state index contributed by atoms with van der Waals surface area (Å²) in [6.45, 7) is 6.50. The Morgan fingerprint density at radius 3 is 2.72 bits per heavy atom. The molecule has 1 aromatic rings. The molecule has 1 aliphatic rings. The van der Waals surface area contributed by atoms with Crippen LogP contribution in [0.25, 0.3) is 0 Å². The van der Waals surface area contributed by atoms with Gasteiger partial charge in [-0.2, -0.15) is 0 Å². The zero-order chi connectivity index (χ0) is 17.3. The van der Waals surface area contributed by atoms with E-state index in [9.17, 15) is 0 Å². The van der Waals surface area contributed by atoms with Gasteiger partial charge in [-0.1, -0.05) is 23.7 Å². The number of nitrogens with zero attached hydrogens (tertiary/aromatic N) is 1. The van der Waals surface area contributed by atoms with E-state index in [4.69, 9.17) is 26.1 Å². The first-order valence-electron chi connectivity index (χ1n) is 8.55. The fourth-order valence-electron chi connectivity index (χ4n) is 2.96. The predicted molar refractivity (Wildman–Crippen MR) is 114 cm³/mol. The van der Waals surface area contributed by atoms with Crippen LogP contribution in [-0.4, -0.2) is 52.5 Å². The minimum Gasteiger partial charge on any atom is -0.383 e. The van der Waals surface area contributed by atoms with Crippen LogP contribution >= 0.6 is 35.6 Å². The second kappa shape index (κ2) is 11.9. The maximum Gasteiger partial charge on any atom is 0.191 e. The van der Waals surface area contributed by atoms with E-state index in [1.165, 1.54) is 5.56 Å². The normalized spacial score (nSPS) is 16.8. The third-order valence-corrected chi connectivity index (χ3v) is 4.60. The Bertz CT molecular complexity index is 537. The minimum atomic E-state index is -0.0211. The smallest absolute Gasteiger partial charge is 0.191 e. The average Bonchev–Trinajstić information content (AvgIpc) is 2.61. The number of hydrogen-bond acceptors (Lipinski definition) is 3. The van der Waals surface area contributed by atoms with Crippen molar-refractivity contribution in [3.8, 4) is 0 Å². The largest absolute Gasteiger partial charge is 0.383 e. The number of hydrogen-bond donors (Lipinski definition) is 2. The molecular formula is C18H29ClIN3O2.